The van der Waals surface area contributed by atoms with Crippen molar-refractivity contribution in [1.29, 1.82) is 0 Å². The number of amides is 1. The predicted octanol–water partition coefficient (Wildman–Crippen LogP) is 5.17. The number of aliphatic hydroxyl groups excluding tert-OH is 1. The average Bonchev–Trinajstić information content (AvgIpc) is 3.47. The van der Waals surface area contributed by atoms with E-state index in [0.717, 1.165) is 0 Å². The predicted molar refractivity (Wildman–Crippen MR) is 176 cm³/mol. The zero-order valence-corrected chi connectivity index (χ0v) is 27.8. The maximum atomic E-state index is 14.5. The van der Waals surface area contributed by atoms with E-state index in [-0.39, 0.29) is 31.9 Å². The van der Waals surface area contributed by atoms with Crippen molar-refractivity contribution in [2.75, 3.05) is 34.5 Å². The molecular formula is C36H44N2O9. The highest BCUT2D eigenvalue weighted by molar-refractivity contribution is 6.01. The molecule has 1 aliphatic heterocycles. The van der Waals surface area contributed by atoms with Gasteiger partial charge in [0.05, 0.1) is 40.0 Å². The van der Waals surface area contributed by atoms with Gasteiger partial charge in [0.25, 0.3) is 5.91 Å². The van der Waals surface area contributed by atoms with Gasteiger partial charge in [-0.25, -0.2) is 4.99 Å². The van der Waals surface area contributed by atoms with Crippen molar-refractivity contribution in [3.05, 3.63) is 83.4 Å². The quantitative estimate of drug-likeness (QED) is 0.169. The molecule has 1 amide bonds. The minimum absolute atomic E-state index is 0.00996. The van der Waals surface area contributed by atoms with Crippen LogP contribution in [0.25, 0.3) is 0 Å². The highest BCUT2D eigenvalue weighted by Crippen LogP contribution is 2.44. The van der Waals surface area contributed by atoms with E-state index in [1.165, 1.54) is 14.2 Å². The molecule has 1 heterocycles. The van der Waals surface area contributed by atoms with Crippen LogP contribution < -0.4 is 24.3 Å². The van der Waals surface area contributed by atoms with E-state index < -0.39 is 29.1 Å². The zero-order chi connectivity index (χ0) is 34.0. The van der Waals surface area contributed by atoms with Crippen molar-refractivity contribution < 1.29 is 43.1 Å². The van der Waals surface area contributed by atoms with Crippen LogP contribution in [0.5, 0.6) is 23.0 Å². The summed E-state index contributed by atoms with van der Waals surface area (Å²) in [6.45, 7) is 5.83. The van der Waals surface area contributed by atoms with Crippen LogP contribution in [-0.2, 0) is 25.6 Å². The largest absolute Gasteiger partial charge is 0.496 e. The Morgan fingerprint density at radius 2 is 1.60 bits per heavy atom. The van der Waals surface area contributed by atoms with E-state index in [0.29, 0.717) is 52.7 Å². The van der Waals surface area contributed by atoms with Gasteiger partial charge >= 0.3 is 5.97 Å². The van der Waals surface area contributed by atoms with Gasteiger partial charge in [0.15, 0.2) is 11.6 Å². The number of ether oxygens (including phenoxy) is 6. The van der Waals surface area contributed by atoms with Crippen LogP contribution in [0.2, 0.25) is 0 Å². The zero-order valence-electron chi connectivity index (χ0n) is 27.8. The molecule has 0 radical (unpaired) electrons. The third-order valence-corrected chi connectivity index (χ3v) is 7.51. The summed E-state index contributed by atoms with van der Waals surface area (Å²) < 4.78 is 34.4. The first-order chi connectivity index (χ1) is 22.5. The van der Waals surface area contributed by atoms with Gasteiger partial charge in [-0.05, 0) is 57.0 Å². The van der Waals surface area contributed by atoms with E-state index in [9.17, 15) is 9.59 Å². The SMILES string of the molecule is COc1cc(OC)c(CNC(=O)[C@]2(CCC(=O)OC(C)(C)C)N=C(c3ccc(OCCCO)cc3)O[C@@H]2c2ccccc2)c(OC)c1. The van der Waals surface area contributed by atoms with Crippen molar-refractivity contribution in [3.8, 4) is 23.0 Å². The lowest BCUT2D eigenvalue weighted by Gasteiger charge is -2.31. The van der Waals surface area contributed by atoms with Crippen LogP contribution in [0.15, 0.2) is 71.7 Å². The molecule has 11 nitrogen and oxygen atoms in total. The second-order valence-corrected chi connectivity index (χ2v) is 12.0. The molecule has 2 atom stereocenters. The lowest BCUT2D eigenvalue weighted by Crippen LogP contribution is -2.48. The molecule has 0 saturated heterocycles. The Labute approximate surface area is 275 Å². The summed E-state index contributed by atoms with van der Waals surface area (Å²) in [6.07, 6.45) is -0.419. The Balaban J connectivity index is 1.74. The van der Waals surface area contributed by atoms with Gasteiger partial charge in [-0.2, -0.15) is 0 Å². The molecule has 1 aliphatic rings. The molecule has 11 heteroatoms. The second kappa shape index (κ2) is 15.7. The van der Waals surface area contributed by atoms with E-state index in [4.69, 9.17) is 38.5 Å². The number of carbonyl (C=O) groups excluding carboxylic acids is 2. The van der Waals surface area contributed by atoms with Gasteiger partial charge in [-0.3, -0.25) is 9.59 Å². The Bertz CT molecular complexity index is 1510. The van der Waals surface area contributed by atoms with Crippen molar-refractivity contribution >= 4 is 17.8 Å². The minimum atomic E-state index is -1.54. The summed E-state index contributed by atoms with van der Waals surface area (Å²) in [5.74, 6) is 1.44. The smallest absolute Gasteiger partial charge is 0.306 e. The fraction of sp³-hybridized carbons (Fsp3) is 0.417. The third-order valence-electron chi connectivity index (χ3n) is 7.51. The number of nitrogens with zero attached hydrogens (tertiary/aromatic N) is 1. The number of carbonyl (C=O) groups is 2. The summed E-state index contributed by atoms with van der Waals surface area (Å²) in [4.78, 5) is 32.5. The fourth-order valence-electron chi connectivity index (χ4n) is 5.26. The molecule has 0 saturated carbocycles. The summed E-state index contributed by atoms with van der Waals surface area (Å²) in [5.41, 5.74) is -0.298. The van der Waals surface area contributed by atoms with Crippen LogP contribution in [0.4, 0.5) is 0 Å². The van der Waals surface area contributed by atoms with Crippen molar-refractivity contribution in [2.45, 2.75) is 63.8 Å². The van der Waals surface area contributed by atoms with Crippen molar-refractivity contribution in [2.24, 2.45) is 4.99 Å². The van der Waals surface area contributed by atoms with E-state index in [1.54, 1.807) is 64.3 Å². The molecular weight excluding hydrogens is 604 g/mol. The summed E-state index contributed by atoms with van der Waals surface area (Å²) in [5, 5.41) is 12.1. The van der Waals surface area contributed by atoms with Crippen LogP contribution in [0, 0.1) is 0 Å². The monoisotopic (exact) mass is 648 g/mol. The van der Waals surface area contributed by atoms with Crippen LogP contribution >= 0.6 is 0 Å². The van der Waals surface area contributed by atoms with E-state index in [2.05, 4.69) is 5.32 Å². The average molecular weight is 649 g/mol. The number of aliphatic hydroxyl groups is 1. The lowest BCUT2D eigenvalue weighted by atomic mass is 9.83. The lowest BCUT2D eigenvalue weighted by molar-refractivity contribution is -0.155. The van der Waals surface area contributed by atoms with Gasteiger partial charge < -0.3 is 38.8 Å². The summed E-state index contributed by atoms with van der Waals surface area (Å²) in [6, 6.07) is 19.9. The molecule has 0 bridgehead atoms. The number of methoxy groups -OCH3 is 3. The van der Waals surface area contributed by atoms with E-state index >= 15 is 0 Å². The van der Waals surface area contributed by atoms with Gasteiger partial charge in [0.1, 0.15) is 28.6 Å². The maximum Gasteiger partial charge on any atom is 0.306 e. The van der Waals surface area contributed by atoms with Gasteiger partial charge in [0, 0.05) is 37.1 Å². The first-order valence-corrected chi connectivity index (χ1v) is 15.5. The molecule has 4 rings (SSSR count). The van der Waals surface area contributed by atoms with Gasteiger partial charge in [-0.1, -0.05) is 30.3 Å². The number of hydrogen-bond acceptors (Lipinski definition) is 10. The standard InChI is InChI=1S/C36H44N2O9/c1-35(2,3)47-31(40)17-18-36(34(41)37-23-28-29(43-5)21-27(42-4)22-30(28)44-6)32(24-11-8-7-9-12-24)46-33(38-36)25-13-15-26(16-14-25)45-20-10-19-39/h7-9,11-16,21-22,32,39H,10,17-20,23H2,1-6H3,(H,37,41)/t32-,36-/m1/s1. The Hall–Kier alpha value is -4.77. The third kappa shape index (κ3) is 8.74. The summed E-state index contributed by atoms with van der Waals surface area (Å²) >= 11 is 0. The number of benzene rings is 3. The summed E-state index contributed by atoms with van der Waals surface area (Å²) in [7, 11) is 4.59. The van der Waals surface area contributed by atoms with Crippen molar-refractivity contribution in [3.63, 3.8) is 0 Å². The highest BCUT2D eigenvalue weighted by atomic mass is 16.6. The number of nitrogens with one attached hydrogen (secondary N) is 1. The van der Waals surface area contributed by atoms with Crippen LogP contribution in [-0.4, -0.2) is 68.6 Å². The molecule has 3 aromatic carbocycles. The number of hydrogen-bond donors (Lipinski definition) is 2. The second-order valence-electron chi connectivity index (χ2n) is 12.0. The molecule has 0 fully saturated rings. The van der Waals surface area contributed by atoms with Gasteiger partial charge in [0.2, 0.25) is 5.90 Å². The van der Waals surface area contributed by atoms with Crippen LogP contribution in [0.3, 0.4) is 0 Å². The Morgan fingerprint density at radius 3 is 2.17 bits per heavy atom. The van der Waals surface area contributed by atoms with Crippen LogP contribution in [0.1, 0.15) is 62.8 Å². The topological polar surface area (TPSA) is 134 Å². The maximum absolute atomic E-state index is 14.5. The number of aliphatic imine (C=N–C) groups is 1. The molecule has 0 spiro atoms. The van der Waals surface area contributed by atoms with Gasteiger partial charge in [-0.15, -0.1) is 0 Å². The molecule has 0 aromatic heterocycles. The first-order valence-electron chi connectivity index (χ1n) is 15.5. The molecule has 0 unspecified atom stereocenters. The first kappa shape index (κ1) is 35.1. The molecule has 252 valence electrons. The van der Waals surface area contributed by atoms with Crippen molar-refractivity contribution in [1.82, 2.24) is 5.32 Å². The molecule has 2 N–H and O–H groups in total. The van der Waals surface area contributed by atoms with E-state index in [1.807, 2.05) is 30.3 Å². The molecule has 3 aromatic rings. The fourth-order valence-corrected chi connectivity index (χ4v) is 5.26. The number of esters is 1. The molecule has 0 aliphatic carbocycles. The number of rotatable bonds is 15. The Morgan fingerprint density at radius 1 is 0.936 bits per heavy atom. The highest BCUT2D eigenvalue weighted by Gasteiger charge is 2.53. The minimum Gasteiger partial charge on any atom is -0.496 e. The Kier molecular flexibility index (Phi) is 11.7. The normalized spacial score (nSPS) is 17.3. The molecule has 47 heavy (non-hydrogen) atoms.